The molecule has 0 saturated carbocycles. The standard InChI is InChI=1S/C31H28F3N7OS/c1-19-25(13-23(17-38-19)41(30(35)43)18-28-26(31(32,33)34)4-3-10-36-28)21-12-22-16-40-29(14-27(22)39-15-21)37-11-9-20-5-7-24(42-2)8-6-20/h3-8,10,12-17H,9,11,18H2,1-2H3,(H2,35,43)(H,37,40). The average Bonchev–Trinajstić information content (AvgIpc) is 3.00. The van der Waals surface area contributed by atoms with Crippen molar-refractivity contribution in [2.45, 2.75) is 26.1 Å². The van der Waals surface area contributed by atoms with Crippen LogP contribution in [0.3, 0.4) is 0 Å². The molecule has 0 spiro atoms. The number of pyridine rings is 4. The van der Waals surface area contributed by atoms with Gasteiger partial charge in [0.05, 0.1) is 42.3 Å². The van der Waals surface area contributed by atoms with Crippen LogP contribution in [0.15, 0.2) is 79.4 Å². The van der Waals surface area contributed by atoms with Gasteiger partial charge in [0, 0.05) is 53.4 Å². The summed E-state index contributed by atoms with van der Waals surface area (Å²) >= 11 is 5.21. The monoisotopic (exact) mass is 603 g/mol. The normalized spacial score (nSPS) is 11.4. The van der Waals surface area contributed by atoms with Gasteiger partial charge < -0.3 is 20.7 Å². The lowest BCUT2D eigenvalue weighted by atomic mass is 10.0. The Balaban J connectivity index is 1.36. The third kappa shape index (κ3) is 6.97. The van der Waals surface area contributed by atoms with Crippen LogP contribution < -0.4 is 20.7 Å². The van der Waals surface area contributed by atoms with Gasteiger partial charge in [0.2, 0.25) is 0 Å². The first-order valence-corrected chi connectivity index (χ1v) is 13.7. The van der Waals surface area contributed by atoms with E-state index in [4.69, 9.17) is 22.7 Å². The molecule has 0 aliphatic carbocycles. The lowest BCUT2D eigenvalue weighted by Crippen LogP contribution is -2.36. The number of rotatable bonds is 9. The number of nitrogens with one attached hydrogen (secondary N) is 1. The number of ether oxygens (including phenoxy) is 1. The lowest BCUT2D eigenvalue weighted by Gasteiger charge is -2.24. The Kier molecular flexibility index (Phi) is 8.67. The molecule has 0 bridgehead atoms. The number of benzene rings is 1. The molecule has 3 N–H and O–H groups in total. The molecular formula is C31H28F3N7OS. The lowest BCUT2D eigenvalue weighted by molar-refractivity contribution is -0.138. The van der Waals surface area contributed by atoms with Crippen LogP contribution in [0.4, 0.5) is 24.7 Å². The molecule has 0 amide bonds. The number of methoxy groups -OCH3 is 1. The Morgan fingerprint density at radius 2 is 1.79 bits per heavy atom. The number of fused-ring (bicyclic) bond motifs is 1. The van der Waals surface area contributed by atoms with Crippen molar-refractivity contribution in [1.82, 2.24) is 19.9 Å². The summed E-state index contributed by atoms with van der Waals surface area (Å²) < 4.78 is 46.0. The molecule has 0 saturated heterocycles. The molecule has 0 unspecified atom stereocenters. The minimum Gasteiger partial charge on any atom is -0.497 e. The van der Waals surface area contributed by atoms with Crippen LogP contribution in [0, 0.1) is 6.92 Å². The maximum atomic E-state index is 13.6. The van der Waals surface area contributed by atoms with Crippen molar-refractivity contribution in [3.63, 3.8) is 0 Å². The molecule has 4 aromatic heterocycles. The van der Waals surface area contributed by atoms with Crippen LogP contribution in [-0.4, -0.2) is 38.7 Å². The number of anilines is 2. The Morgan fingerprint density at radius 3 is 2.51 bits per heavy atom. The maximum absolute atomic E-state index is 13.6. The first kappa shape index (κ1) is 29.6. The number of aromatic nitrogens is 4. The van der Waals surface area contributed by atoms with E-state index in [9.17, 15) is 13.2 Å². The van der Waals surface area contributed by atoms with E-state index in [1.165, 1.54) is 28.9 Å². The van der Waals surface area contributed by atoms with Crippen molar-refractivity contribution in [1.29, 1.82) is 0 Å². The predicted octanol–water partition coefficient (Wildman–Crippen LogP) is 6.33. The summed E-state index contributed by atoms with van der Waals surface area (Å²) in [5.41, 5.74) is 9.47. The Hall–Kier alpha value is -4.84. The van der Waals surface area contributed by atoms with Gasteiger partial charge in [-0.2, -0.15) is 13.2 Å². The highest BCUT2D eigenvalue weighted by atomic mass is 32.1. The van der Waals surface area contributed by atoms with Gasteiger partial charge in [-0.05, 0) is 67.5 Å². The molecule has 0 radical (unpaired) electrons. The molecule has 5 aromatic rings. The smallest absolute Gasteiger partial charge is 0.418 e. The molecule has 0 aliphatic rings. The fourth-order valence-corrected chi connectivity index (χ4v) is 4.79. The van der Waals surface area contributed by atoms with Crippen LogP contribution in [0.1, 0.15) is 22.5 Å². The van der Waals surface area contributed by atoms with Gasteiger partial charge in [0.1, 0.15) is 11.6 Å². The van der Waals surface area contributed by atoms with E-state index in [2.05, 4.69) is 25.3 Å². The van der Waals surface area contributed by atoms with Gasteiger partial charge in [-0.25, -0.2) is 4.98 Å². The highest BCUT2D eigenvalue weighted by molar-refractivity contribution is 7.80. The van der Waals surface area contributed by atoms with Crippen LogP contribution in [0.5, 0.6) is 5.75 Å². The quantitative estimate of drug-likeness (QED) is 0.187. The molecule has 0 atom stereocenters. The van der Waals surface area contributed by atoms with E-state index < -0.39 is 11.7 Å². The van der Waals surface area contributed by atoms with E-state index in [-0.39, 0.29) is 17.4 Å². The van der Waals surface area contributed by atoms with E-state index in [1.54, 1.807) is 25.6 Å². The van der Waals surface area contributed by atoms with Crippen LogP contribution in [-0.2, 0) is 19.1 Å². The van der Waals surface area contributed by atoms with Gasteiger partial charge in [-0.15, -0.1) is 0 Å². The van der Waals surface area contributed by atoms with E-state index >= 15 is 0 Å². The molecule has 43 heavy (non-hydrogen) atoms. The van der Waals surface area contributed by atoms with Crippen LogP contribution >= 0.6 is 12.2 Å². The van der Waals surface area contributed by atoms with Crippen molar-refractivity contribution >= 4 is 39.7 Å². The zero-order valence-electron chi connectivity index (χ0n) is 23.4. The third-order valence-electron chi connectivity index (χ3n) is 6.91. The molecule has 1 aromatic carbocycles. The van der Waals surface area contributed by atoms with Crippen molar-refractivity contribution in [2.75, 3.05) is 23.9 Å². The summed E-state index contributed by atoms with van der Waals surface area (Å²) in [5, 5.41) is 4.04. The SMILES string of the molecule is COc1ccc(CCNc2cc3ncc(-c4cc(N(Cc5ncccc5C(F)(F)F)C(N)=S)cnc4C)cc3cn2)cc1. The van der Waals surface area contributed by atoms with Crippen LogP contribution in [0.25, 0.3) is 22.0 Å². The molecule has 5 rings (SSSR count). The van der Waals surface area contributed by atoms with E-state index in [1.807, 2.05) is 43.3 Å². The number of nitrogens with zero attached hydrogens (tertiary/aromatic N) is 5. The fraction of sp³-hybridized carbons (Fsp3) is 0.194. The maximum Gasteiger partial charge on any atom is 0.418 e. The largest absolute Gasteiger partial charge is 0.497 e. The van der Waals surface area contributed by atoms with Crippen molar-refractivity contribution in [3.8, 4) is 16.9 Å². The number of alkyl halides is 3. The summed E-state index contributed by atoms with van der Waals surface area (Å²) in [6.45, 7) is 2.26. The number of aryl methyl sites for hydroxylation is 1. The fourth-order valence-electron chi connectivity index (χ4n) is 4.62. The van der Waals surface area contributed by atoms with Crippen molar-refractivity contribution < 1.29 is 17.9 Å². The van der Waals surface area contributed by atoms with E-state index in [0.29, 0.717) is 23.7 Å². The van der Waals surface area contributed by atoms with Gasteiger partial charge in [-0.3, -0.25) is 15.0 Å². The van der Waals surface area contributed by atoms with Gasteiger partial charge in [0.15, 0.2) is 5.11 Å². The third-order valence-corrected chi connectivity index (χ3v) is 7.13. The summed E-state index contributed by atoms with van der Waals surface area (Å²) in [6.07, 6.45) is 2.54. The minimum absolute atomic E-state index is 0.108. The zero-order chi connectivity index (χ0) is 30.6. The summed E-state index contributed by atoms with van der Waals surface area (Å²) in [4.78, 5) is 19.0. The average molecular weight is 604 g/mol. The summed E-state index contributed by atoms with van der Waals surface area (Å²) in [6, 6.07) is 15.8. The molecule has 0 aliphatic heterocycles. The second kappa shape index (κ2) is 12.6. The number of thiocarbonyl (C=S) groups is 1. The summed E-state index contributed by atoms with van der Waals surface area (Å²) in [5.74, 6) is 1.53. The first-order chi connectivity index (χ1) is 20.6. The molecule has 8 nitrogen and oxygen atoms in total. The molecule has 0 fully saturated rings. The number of nitrogens with two attached hydrogens (primary N) is 1. The molecule has 4 heterocycles. The molecule has 220 valence electrons. The number of halogens is 3. The van der Waals surface area contributed by atoms with Gasteiger partial charge in [-0.1, -0.05) is 12.1 Å². The highest BCUT2D eigenvalue weighted by Crippen LogP contribution is 2.33. The first-order valence-electron chi connectivity index (χ1n) is 13.3. The van der Waals surface area contributed by atoms with Crippen molar-refractivity contribution in [3.05, 3.63) is 102 Å². The number of hydrogen-bond acceptors (Lipinski definition) is 7. The molecule has 12 heteroatoms. The van der Waals surface area contributed by atoms with Gasteiger partial charge in [0.25, 0.3) is 0 Å². The van der Waals surface area contributed by atoms with E-state index in [0.717, 1.165) is 40.3 Å². The Bertz CT molecular complexity index is 1760. The van der Waals surface area contributed by atoms with Crippen LogP contribution in [0.2, 0.25) is 0 Å². The molecular weight excluding hydrogens is 575 g/mol. The second-order valence-electron chi connectivity index (χ2n) is 9.76. The number of hydrogen-bond donors (Lipinski definition) is 2. The Morgan fingerprint density at radius 1 is 1.00 bits per heavy atom. The Labute approximate surface area is 251 Å². The predicted molar refractivity (Wildman–Crippen MR) is 165 cm³/mol. The summed E-state index contributed by atoms with van der Waals surface area (Å²) in [7, 11) is 1.64. The zero-order valence-corrected chi connectivity index (χ0v) is 24.2. The topological polar surface area (TPSA) is 102 Å². The highest BCUT2D eigenvalue weighted by Gasteiger charge is 2.34. The second-order valence-corrected chi connectivity index (χ2v) is 10.2. The minimum atomic E-state index is -4.57. The van der Waals surface area contributed by atoms with Gasteiger partial charge >= 0.3 is 6.18 Å². The van der Waals surface area contributed by atoms with Crippen molar-refractivity contribution in [2.24, 2.45) is 5.73 Å².